The lowest BCUT2D eigenvalue weighted by Gasteiger charge is -2.06. The normalized spacial score (nSPS) is 11.1. The van der Waals surface area contributed by atoms with Crippen molar-refractivity contribution in [3.05, 3.63) is 67.1 Å². The molecule has 27 heavy (non-hydrogen) atoms. The predicted molar refractivity (Wildman–Crippen MR) is 111 cm³/mol. The smallest absolute Gasteiger partial charge is 0.151 e. The highest BCUT2D eigenvalue weighted by molar-refractivity contribution is 7.22. The van der Waals surface area contributed by atoms with Gasteiger partial charge in [0.2, 0.25) is 0 Å². The molecule has 0 saturated carbocycles. The van der Waals surface area contributed by atoms with Gasteiger partial charge in [0.05, 0.1) is 17.3 Å². The SMILES string of the molecule is COc1ccc(-c2cc3ncnc(Nc4ccc5[nH]ccc5c4)c3s2)cc1. The van der Waals surface area contributed by atoms with Crippen LogP contribution in [0.2, 0.25) is 0 Å². The second kappa shape index (κ2) is 6.41. The van der Waals surface area contributed by atoms with Crippen molar-refractivity contribution in [1.29, 1.82) is 0 Å². The molecule has 3 heterocycles. The number of fused-ring (bicyclic) bond motifs is 2. The summed E-state index contributed by atoms with van der Waals surface area (Å²) in [5.41, 5.74) is 4.19. The summed E-state index contributed by atoms with van der Waals surface area (Å²) in [5, 5.41) is 4.60. The monoisotopic (exact) mass is 372 g/mol. The van der Waals surface area contributed by atoms with Gasteiger partial charge in [0.1, 0.15) is 12.1 Å². The minimum Gasteiger partial charge on any atom is -0.497 e. The largest absolute Gasteiger partial charge is 0.497 e. The van der Waals surface area contributed by atoms with Gasteiger partial charge in [0.25, 0.3) is 0 Å². The zero-order valence-corrected chi connectivity index (χ0v) is 15.4. The molecular formula is C21H16N4OS. The lowest BCUT2D eigenvalue weighted by Crippen LogP contribution is -1.94. The number of aromatic nitrogens is 3. The van der Waals surface area contributed by atoms with Crippen molar-refractivity contribution in [3.63, 3.8) is 0 Å². The van der Waals surface area contributed by atoms with Crippen LogP contribution in [0.4, 0.5) is 11.5 Å². The van der Waals surface area contributed by atoms with E-state index in [1.807, 2.05) is 24.4 Å². The number of hydrogen-bond donors (Lipinski definition) is 2. The molecule has 0 aliphatic rings. The summed E-state index contributed by atoms with van der Waals surface area (Å²) >= 11 is 1.68. The van der Waals surface area contributed by atoms with Gasteiger partial charge >= 0.3 is 0 Å². The average Bonchev–Trinajstić information content (AvgIpc) is 3.35. The maximum atomic E-state index is 5.24. The van der Waals surface area contributed by atoms with Crippen molar-refractivity contribution >= 4 is 44.0 Å². The minimum absolute atomic E-state index is 0.819. The number of H-pyrrole nitrogens is 1. The maximum absolute atomic E-state index is 5.24. The number of methoxy groups -OCH3 is 1. The van der Waals surface area contributed by atoms with E-state index in [2.05, 4.69) is 56.7 Å². The fourth-order valence-electron chi connectivity index (χ4n) is 3.11. The molecule has 0 aliphatic carbocycles. The Morgan fingerprint density at radius 1 is 1.00 bits per heavy atom. The Morgan fingerprint density at radius 2 is 1.89 bits per heavy atom. The summed E-state index contributed by atoms with van der Waals surface area (Å²) in [6.45, 7) is 0. The van der Waals surface area contributed by atoms with E-state index >= 15 is 0 Å². The van der Waals surface area contributed by atoms with E-state index in [4.69, 9.17) is 4.74 Å². The van der Waals surface area contributed by atoms with E-state index in [9.17, 15) is 0 Å². The highest BCUT2D eigenvalue weighted by Gasteiger charge is 2.11. The quantitative estimate of drug-likeness (QED) is 0.431. The van der Waals surface area contributed by atoms with E-state index in [-0.39, 0.29) is 0 Å². The van der Waals surface area contributed by atoms with E-state index in [0.29, 0.717) is 0 Å². The van der Waals surface area contributed by atoms with Crippen LogP contribution >= 0.6 is 11.3 Å². The van der Waals surface area contributed by atoms with Crippen molar-refractivity contribution in [2.45, 2.75) is 0 Å². The Kier molecular flexibility index (Phi) is 3.76. The third kappa shape index (κ3) is 2.90. The van der Waals surface area contributed by atoms with Gasteiger partial charge in [-0.25, -0.2) is 9.97 Å². The number of ether oxygens (including phenoxy) is 1. The second-order valence-corrected chi connectivity index (χ2v) is 7.23. The number of anilines is 2. The van der Waals surface area contributed by atoms with Gasteiger partial charge in [-0.05, 0) is 60.2 Å². The Labute approximate surface area is 159 Å². The van der Waals surface area contributed by atoms with E-state index in [1.165, 1.54) is 0 Å². The zero-order chi connectivity index (χ0) is 18.2. The molecule has 2 N–H and O–H groups in total. The molecule has 0 aliphatic heterocycles. The molecule has 0 amide bonds. The van der Waals surface area contributed by atoms with E-state index in [0.717, 1.165) is 48.8 Å². The number of nitrogens with zero attached hydrogens (tertiary/aromatic N) is 2. The third-order valence-corrected chi connectivity index (χ3v) is 5.68. The Bertz CT molecular complexity index is 1240. The molecular weight excluding hydrogens is 356 g/mol. The number of thiophene rings is 1. The first-order valence-electron chi connectivity index (χ1n) is 8.53. The summed E-state index contributed by atoms with van der Waals surface area (Å²) in [6, 6.07) is 18.4. The van der Waals surface area contributed by atoms with E-state index < -0.39 is 0 Å². The van der Waals surface area contributed by atoms with Crippen LogP contribution in [0.3, 0.4) is 0 Å². The van der Waals surface area contributed by atoms with Gasteiger partial charge in [0, 0.05) is 27.7 Å². The molecule has 0 bridgehead atoms. The van der Waals surface area contributed by atoms with Crippen molar-refractivity contribution in [1.82, 2.24) is 15.0 Å². The van der Waals surface area contributed by atoms with Crippen LogP contribution < -0.4 is 10.1 Å². The Hall–Kier alpha value is -3.38. The first-order chi connectivity index (χ1) is 13.3. The number of rotatable bonds is 4. The topological polar surface area (TPSA) is 62.8 Å². The Morgan fingerprint density at radius 3 is 2.74 bits per heavy atom. The highest BCUT2D eigenvalue weighted by atomic mass is 32.1. The summed E-state index contributed by atoms with van der Waals surface area (Å²) in [4.78, 5) is 13.3. The summed E-state index contributed by atoms with van der Waals surface area (Å²) in [7, 11) is 1.67. The molecule has 0 radical (unpaired) electrons. The van der Waals surface area contributed by atoms with Gasteiger partial charge in [0.15, 0.2) is 5.82 Å². The molecule has 2 aromatic carbocycles. The third-order valence-electron chi connectivity index (χ3n) is 4.50. The van der Waals surface area contributed by atoms with Crippen LogP contribution in [0.5, 0.6) is 5.75 Å². The summed E-state index contributed by atoms with van der Waals surface area (Å²) < 4.78 is 6.28. The lowest BCUT2D eigenvalue weighted by molar-refractivity contribution is 0.415. The van der Waals surface area contributed by atoms with Gasteiger partial charge in [-0.15, -0.1) is 11.3 Å². The van der Waals surface area contributed by atoms with Gasteiger partial charge in [-0.3, -0.25) is 0 Å². The van der Waals surface area contributed by atoms with E-state index in [1.54, 1.807) is 24.8 Å². The van der Waals surface area contributed by atoms with Crippen molar-refractivity contribution < 1.29 is 4.74 Å². The standard InChI is InChI=1S/C21H16N4OS/c1-26-16-5-2-13(3-6-16)19-11-18-20(27-19)21(24-12-23-18)25-15-4-7-17-14(10-15)8-9-22-17/h2-12,22H,1H3,(H,23,24,25). The molecule has 5 aromatic rings. The molecule has 132 valence electrons. The fourth-order valence-corrected chi connectivity index (χ4v) is 4.17. The molecule has 0 atom stereocenters. The fraction of sp³-hybridized carbons (Fsp3) is 0.0476. The van der Waals surface area contributed by atoms with Crippen LogP contribution in [0.25, 0.3) is 31.6 Å². The summed E-state index contributed by atoms with van der Waals surface area (Å²) in [6.07, 6.45) is 3.54. The van der Waals surface area contributed by atoms with Crippen molar-refractivity contribution in [2.24, 2.45) is 0 Å². The molecule has 0 unspecified atom stereocenters. The molecule has 0 saturated heterocycles. The maximum Gasteiger partial charge on any atom is 0.151 e. The number of nitrogens with one attached hydrogen (secondary N) is 2. The van der Waals surface area contributed by atoms with Crippen LogP contribution in [-0.2, 0) is 0 Å². The van der Waals surface area contributed by atoms with Crippen LogP contribution in [0.1, 0.15) is 0 Å². The molecule has 6 heteroatoms. The number of benzene rings is 2. The zero-order valence-electron chi connectivity index (χ0n) is 14.6. The van der Waals surface area contributed by atoms with Gasteiger partial charge in [-0.2, -0.15) is 0 Å². The first-order valence-corrected chi connectivity index (χ1v) is 9.35. The second-order valence-electron chi connectivity index (χ2n) is 6.18. The van der Waals surface area contributed by atoms with Crippen LogP contribution in [-0.4, -0.2) is 22.1 Å². The minimum atomic E-state index is 0.819. The van der Waals surface area contributed by atoms with Crippen LogP contribution in [0, 0.1) is 0 Å². The van der Waals surface area contributed by atoms with Crippen LogP contribution in [0.15, 0.2) is 67.1 Å². The molecule has 3 aromatic heterocycles. The van der Waals surface area contributed by atoms with Gasteiger partial charge in [-0.1, -0.05) is 0 Å². The molecule has 5 nitrogen and oxygen atoms in total. The number of aromatic amines is 1. The highest BCUT2D eigenvalue weighted by Crippen LogP contribution is 2.37. The molecule has 0 fully saturated rings. The molecule has 0 spiro atoms. The summed E-state index contributed by atoms with van der Waals surface area (Å²) in [5.74, 6) is 1.67. The first kappa shape index (κ1) is 15.8. The molecule has 5 rings (SSSR count). The predicted octanol–water partition coefficient (Wildman–Crippen LogP) is 5.59. The van der Waals surface area contributed by atoms with Gasteiger partial charge < -0.3 is 15.0 Å². The lowest BCUT2D eigenvalue weighted by atomic mass is 10.2. The van der Waals surface area contributed by atoms with Crippen molar-refractivity contribution in [3.8, 4) is 16.2 Å². The number of hydrogen-bond acceptors (Lipinski definition) is 5. The Balaban J connectivity index is 1.53. The average molecular weight is 372 g/mol. The van der Waals surface area contributed by atoms with Crippen molar-refractivity contribution in [2.75, 3.05) is 12.4 Å².